The predicted molar refractivity (Wildman–Crippen MR) is 75.9 cm³/mol. The van der Waals surface area contributed by atoms with Crippen molar-refractivity contribution in [2.45, 2.75) is 6.61 Å². The van der Waals surface area contributed by atoms with E-state index in [-0.39, 0.29) is 4.99 Å². The number of thiocarbonyl (C=S) groups is 1. The van der Waals surface area contributed by atoms with Crippen LogP contribution >= 0.6 is 23.8 Å². The molecule has 0 fully saturated rings. The molecule has 2 N–H and O–H groups in total. The molecule has 0 amide bonds. The van der Waals surface area contributed by atoms with Crippen LogP contribution in [0.5, 0.6) is 5.75 Å². The van der Waals surface area contributed by atoms with Gasteiger partial charge in [-0.2, -0.15) is 0 Å². The summed E-state index contributed by atoms with van der Waals surface area (Å²) in [5.74, 6) is 0.582. The van der Waals surface area contributed by atoms with Gasteiger partial charge in [-0.3, -0.25) is 4.98 Å². The van der Waals surface area contributed by atoms with Gasteiger partial charge in [0.1, 0.15) is 17.3 Å². The van der Waals surface area contributed by atoms with Gasteiger partial charge in [0.15, 0.2) is 0 Å². The fourth-order valence-corrected chi connectivity index (χ4v) is 2.04. The molecule has 0 saturated heterocycles. The zero-order chi connectivity index (χ0) is 13.0. The highest BCUT2D eigenvalue weighted by molar-refractivity contribution is 7.80. The first-order valence-corrected chi connectivity index (χ1v) is 6.07. The van der Waals surface area contributed by atoms with Gasteiger partial charge in [0.05, 0.1) is 10.6 Å². The van der Waals surface area contributed by atoms with Crippen LogP contribution in [0.1, 0.15) is 11.1 Å². The second kappa shape index (κ2) is 5.80. The van der Waals surface area contributed by atoms with Gasteiger partial charge in [-0.05, 0) is 18.2 Å². The van der Waals surface area contributed by atoms with Crippen molar-refractivity contribution in [3.8, 4) is 5.75 Å². The summed E-state index contributed by atoms with van der Waals surface area (Å²) < 4.78 is 5.67. The quantitative estimate of drug-likeness (QED) is 0.874. The van der Waals surface area contributed by atoms with Crippen molar-refractivity contribution in [2.75, 3.05) is 0 Å². The Hall–Kier alpha value is -1.65. The molecule has 0 radical (unpaired) electrons. The SMILES string of the molecule is NC(=S)c1c(Cl)cccc1OCc1cccnc1. The number of hydrogen-bond acceptors (Lipinski definition) is 3. The summed E-state index contributed by atoms with van der Waals surface area (Å²) in [7, 11) is 0. The monoisotopic (exact) mass is 278 g/mol. The fourth-order valence-electron chi connectivity index (χ4n) is 1.51. The highest BCUT2D eigenvalue weighted by Gasteiger charge is 2.10. The van der Waals surface area contributed by atoms with Gasteiger partial charge in [0.25, 0.3) is 0 Å². The van der Waals surface area contributed by atoms with Crippen molar-refractivity contribution in [3.05, 3.63) is 58.9 Å². The van der Waals surface area contributed by atoms with Crippen LogP contribution in [0.2, 0.25) is 5.02 Å². The molecule has 0 spiro atoms. The Balaban J connectivity index is 2.20. The first kappa shape index (κ1) is 12.8. The second-order valence-electron chi connectivity index (χ2n) is 3.63. The molecular weight excluding hydrogens is 268 g/mol. The Morgan fingerprint density at radius 3 is 2.83 bits per heavy atom. The van der Waals surface area contributed by atoms with Gasteiger partial charge in [0, 0.05) is 18.0 Å². The van der Waals surface area contributed by atoms with E-state index < -0.39 is 0 Å². The number of hydrogen-bond donors (Lipinski definition) is 1. The van der Waals surface area contributed by atoms with Crippen molar-refractivity contribution in [2.24, 2.45) is 5.73 Å². The van der Waals surface area contributed by atoms with E-state index >= 15 is 0 Å². The van der Waals surface area contributed by atoms with Gasteiger partial charge in [0.2, 0.25) is 0 Å². The Morgan fingerprint density at radius 2 is 2.17 bits per heavy atom. The third kappa shape index (κ3) is 2.97. The van der Waals surface area contributed by atoms with Crippen LogP contribution in [-0.2, 0) is 6.61 Å². The molecule has 2 aromatic rings. The number of nitrogens with two attached hydrogens (primary N) is 1. The van der Waals surface area contributed by atoms with Crippen LogP contribution in [0.25, 0.3) is 0 Å². The number of rotatable bonds is 4. The molecule has 0 saturated carbocycles. The summed E-state index contributed by atoms with van der Waals surface area (Å²) in [6.45, 7) is 0.393. The van der Waals surface area contributed by atoms with Gasteiger partial charge in [-0.15, -0.1) is 0 Å². The maximum Gasteiger partial charge on any atom is 0.131 e. The zero-order valence-corrected chi connectivity index (χ0v) is 11.0. The molecule has 2 rings (SSSR count). The van der Waals surface area contributed by atoms with Gasteiger partial charge in [-0.25, -0.2) is 0 Å². The van der Waals surface area contributed by atoms with Crippen molar-refractivity contribution >= 4 is 28.8 Å². The zero-order valence-electron chi connectivity index (χ0n) is 9.47. The van der Waals surface area contributed by atoms with E-state index in [9.17, 15) is 0 Å². The van der Waals surface area contributed by atoms with E-state index in [1.807, 2.05) is 12.1 Å². The smallest absolute Gasteiger partial charge is 0.131 e. The lowest BCUT2D eigenvalue weighted by atomic mass is 10.2. The van der Waals surface area contributed by atoms with Gasteiger partial charge >= 0.3 is 0 Å². The van der Waals surface area contributed by atoms with E-state index in [2.05, 4.69) is 4.98 Å². The lowest BCUT2D eigenvalue weighted by molar-refractivity contribution is 0.305. The lowest BCUT2D eigenvalue weighted by Gasteiger charge is -2.11. The normalized spacial score (nSPS) is 10.1. The molecule has 0 aliphatic carbocycles. The predicted octanol–water partition coefficient (Wildman–Crippen LogP) is 2.95. The third-order valence-electron chi connectivity index (χ3n) is 2.34. The maximum absolute atomic E-state index is 6.05. The minimum Gasteiger partial charge on any atom is -0.488 e. The summed E-state index contributed by atoms with van der Waals surface area (Å²) in [5.41, 5.74) is 7.17. The molecule has 1 heterocycles. The van der Waals surface area contributed by atoms with Crippen LogP contribution in [0.4, 0.5) is 0 Å². The molecule has 0 unspecified atom stereocenters. The molecule has 0 atom stereocenters. The lowest BCUT2D eigenvalue weighted by Crippen LogP contribution is -2.12. The number of halogens is 1. The van der Waals surface area contributed by atoms with E-state index in [0.29, 0.717) is 22.9 Å². The topological polar surface area (TPSA) is 48.1 Å². The van der Waals surface area contributed by atoms with Crippen LogP contribution < -0.4 is 10.5 Å². The number of benzene rings is 1. The van der Waals surface area contributed by atoms with Crippen molar-refractivity contribution in [3.63, 3.8) is 0 Å². The molecule has 3 nitrogen and oxygen atoms in total. The highest BCUT2D eigenvalue weighted by atomic mass is 35.5. The van der Waals surface area contributed by atoms with Gasteiger partial charge < -0.3 is 10.5 Å². The van der Waals surface area contributed by atoms with Crippen LogP contribution in [0.15, 0.2) is 42.7 Å². The van der Waals surface area contributed by atoms with Crippen LogP contribution in [0.3, 0.4) is 0 Å². The Bertz CT molecular complexity index is 560. The minimum absolute atomic E-state index is 0.224. The summed E-state index contributed by atoms with van der Waals surface area (Å²) in [4.78, 5) is 4.24. The molecular formula is C13H11ClN2OS. The average molecular weight is 279 g/mol. The number of pyridine rings is 1. The summed E-state index contributed by atoms with van der Waals surface area (Å²) in [6.07, 6.45) is 3.45. The number of nitrogens with zero attached hydrogens (tertiary/aromatic N) is 1. The standard InChI is InChI=1S/C13H11ClN2OS/c14-10-4-1-5-11(12(10)13(15)18)17-8-9-3-2-6-16-7-9/h1-7H,8H2,(H2,15,18). The van der Waals surface area contributed by atoms with Crippen LogP contribution in [0, 0.1) is 0 Å². The minimum atomic E-state index is 0.224. The largest absolute Gasteiger partial charge is 0.488 e. The Morgan fingerprint density at radius 1 is 1.33 bits per heavy atom. The van der Waals surface area contributed by atoms with Crippen LogP contribution in [-0.4, -0.2) is 9.97 Å². The number of aromatic nitrogens is 1. The highest BCUT2D eigenvalue weighted by Crippen LogP contribution is 2.26. The molecule has 0 aliphatic rings. The van der Waals surface area contributed by atoms with E-state index in [1.165, 1.54) is 0 Å². The Labute approximate surface area is 116 Å². The van der Waals surface area contributed by atoms with Crippen molar-refractivity contribution in [1.82, 2.24) is 4.98 Å². The molecule has 1 aromatic heterocycles. The first-order valence-electron chi connectivity index (χ1n) is 5.28. The average Bonchev–Trinajstić information content (AvgIpc) is 2.37. The van der Waals surface area contributed by atoms with E-state index in [0.717, 1.165) is 5.56 Å². The van der Waals surface area contributed by atoms with E-state index in [1.54, 1.807) is 30.6 Å². The molecule has 18 heavy (non-hydrogen) atoms. The molecule has 1 aromatic carbocycles. The summed E-state index contributed by atoms with van der Waals surface area (Å²) >= 11 is 11.0. The second-order valence-corrected chi connectivity index (χ2v) is 4.47. The fraction of sp³-hybridized carbons (Fsp3) is 0.0769. The molecule has 0 aliphatic heterocycles. The summed E-state index contributed by atoms with van der Waals surface area (Å²) in [6, 6.07) is 9.09. The van der Waals surface area contributed by atoms with E-state index in [4.69, 9.17) is 34.3 Å². The van der Waals surface area contributed by atoms with Gasteiger partial charge in [-0.1, -0.05) is 36.0 Å². The number of ether oxygens (including phenoxy) is 1. The summed E-state index contributed by atoms with van der Waals surface area (Å²) in [5, 5.41) is 0.492. The van der Waals surface area contributed by atoms with Crippen molar-refractivity contribution < 1.29 is 4.74 Å². The molecule has 5 heteroatoms. The van der Waals surface area contributed by atoms with Crippen molar-refractivity contribution in [1.29, 1.82) is 0 Å². The maximum atomic E-state index is 6.05. The third-order valence-corrected chi connectivity index (χ3v) is 2.86. The molecule has 0 bridgehead atoms. The Kier molecular flexibility index (Phi) is 4.12. The first-order chi connectivity index (χ1) is 8.68. The molecule has 92 valence electrons.